The molecule has 2 amide bonds. The second-order valence-corrected chi connectivity index (χ2v) is 5.76. The Balaban J connectivity index is 1.94. The summed E-state index contributed by atoms with van der Waals surface area (Å²) in [5.74, 6) is -1.03. The van der Waals surface area contributed by atoms with Gasteiger partial charge >= 0.3 is 0 Å². The molecule has 6 nitrogen and oxygen atoms in total. The minimum absolute atomic E-state index is 0.127. The summed E-state index contributed by atoms with van der Waals surface area (Å²) in [5.41, 5.74) is 7.32. The van der Waals surface area contributed by atoms with Gasteiger partial charge in [0.05, 0.1) is 6.61 Å². The van der Waals surface area contributed by atoms with E-state index in [4.69, 9.17) is 14.9 Å². The molecule has 3 aromatic rings. The SMILES string of the molecule is CCOCc1c(C(=O)N[C@H](C(N)=O)c2ccccc2)oc2ccccc12. The van der Waals surface area contributed by atoms with Crippen molar-refractivity contribution in [2.45, 2.75) is 19.6 Å². The van der Waals surface area contributed by atoms with Gasteiger partial charge in [-0.3, -0.25) is 9.59 Å². The topological polar surface area (TPSA) is 94.6 Å². The molecule has 2 aromatic carbocycles. The van der Waals surface area contributed by atoms with Gasteiger partial charge in [0.25, 0.3) is 5.91 Å². The third-order valence-electron chi connectivity index (χ3n) is 4.05. The van der Waals surface area contributed by atoms with E-state index >= 15 is 0 Å². The van der Waals surface area contributed by atoms with Crippen molar-refractivity contribution in [3.8, 4) is 0 Å². The Morgan fingerprint density at radius 3 is 2.50 bits per heavy atom. The number of furan rings is 1. The molecule has 6 heteroatoms. The number of benzene rings is 2. The van der Waals surface area contributed by atoms with Gasteiger partial charge < -0.3 is 20.2 Å². The molecule has 3 rings (SSSR count). The molecule has 1 heterocycles. The highest BCUT2D eigenvalue weighted by atomic mass is 16.5. The largest absolute Gasteiger partial charge is 0.451 e. The van der Waals surface area contributed by atoms with E-state index in [9.17, 15) is 9.59 Å². The Bertz CT molecular complexity index is 918. The van der Waals surface area contributed by atoms with E-state index in [2.05, 4.69) is 5.32 Å². The summed E-state index contributed by atoms with van der Waals surface area (Å²) in [6.45, 7) is 2.62. The van der Waals surface area contributed by atoms with Crippen molar-refractivity contribution in [2.24, 2.45) is 5.73 Å². The van der Waals surface area contributed by atoms with Gasteiger partial charge in [-0.15, -0.1) is 0 Å². The van der Waals surface area contributed by atoms with Crippen LogP contribution in [0.4, 0.5) is 0 Å². The number of primary amides is 1. The first-order valence-electron chi connectivity index (χ1n) is 8.35. The van der Waals surface area contributed by atoms with E-state index in [1.54, 1.807) is 30.3 Å². The summed E-state index contributed by atoms with van der Waals surface area (Å²) in [5, 5.41) is 3.47. The van der Waals surface area contributed by atoms with E-state index in [1.807, 2.05) is 31.2 Å². The lowest BCUT2D eigenvalue weighted by Crippen LogP contribution is -2.37. The maximum Gasteiger partial charge on any atom is 0.288 e. The third-order valence-corrected chi connectivity index (χ3v) is 4.05. The molecule has 3 N–H and O–H groups in total. The molecule has 0 fully saturated rings. The van der Waals surface area contributed by atoms with Gasteiger partial charge in [0.2, 0.25) is 5.91 Å². The molecule has 0 aliphatic rings. The fourth-order valence-corrected chi connectivity index (χ4v) is 2.79. The lowest BCUT2D eigenvalue weighted by Gasteiger charge is -2.15. The molecule has 1 atom stereocenters. The van der Waals surface area contributed by atoms with Crippen LogP contribution in [0, 0.1) is 0 Å². The van der Waals surface area contributed by atoms with E-state index < -0.39 is 17.9 Å². The van der Waals surface area contributed by atoms with Gasteiger partial charge in [-0.1, -0.05) is 48.5 Å². The van der Waals surface area contributed by atoms with Crippen molar-refractivity contribution in [3.63, 3.8) is 0 Å². The normalized spacial score (nSPS) is 12.0. The van der Waals surface area contributed by atoms with Crippen LogP contribution in [0.2, 0.25) is 0 Å². The second kappa shape index (κ2) is 7.84. The zero-order valence-electron chi connectivity index (χ0n) is 14.4. The highest BCUT2D eigenvalue weighted by molar-refractivity contribution is 6.01. The Morgan fingerprint density at radius 2 is 1.81 bits per heavy atom. The smallest absolute Gasteiger partial charge is 0.288 e. The van der Waals surface area contributed by atoms with Crippen LogP contribution in [0.1, 0.15) is 34.6 Å². The van der Waals surface area contributed by atoms with E-state index in [1.165, 1.54) is 0 Å². The van der Waals surface area contributed by atoms with E-state index in [-0.39, 0.29) is 12.4 Å². The first-order valence-corrected chi connectivity index (χ1v) is 8.35. The first-order chi connectivity index (χ1) is 12.6. The summed E-state index contributed by atoms with van der Waals surface area (Å²) in [4.78, 5) is 24.7. The molecule has 0 unspecified atom stereocenters. The first kappa shape index (κ1) is 17.7. The average molecular weight is 352 g/mol. The predicted molar refractivity (Wildman–Crippen MR) is 97.4 cm³/mol. The molecule has 0 radical (unpaired) electrons. The number of carbonyl (C=O) groups excluding carboxylic acids is 2. The zero-order valence-corrected chi connectivity index (χ0v) is 14.4. The maximum absolute atomic E-state index is 12.8. The predicted octanol–water partition coefficient (Wildman–Crippen LogP) is 2.93. The highest BCUT2D eigenvalue weighted by Crippen LogP contribution is 2.27. The second-order valence-electron chi connectivity index (χ2n) is 5.76. The van der Waals surface area contributed by atoms with Crippen LogP contribution >= 0.6 is 0 Å². The number of rotatable bonds is 7. The van der Waals surface area contributed by atoms with Gasteiger partial charge in [-0.25, -0.2) is 0 Å². The number of para-hydroxylation sites is 1. The Kier molecular flexibility index (Phi) is 5.34. The summed E-state index contributed by atoms with van der Waals surface area (Å²) in [7, 11) is 0. The zero-order chi connectivity index (χ0) is 18.5. The van der Waals surface area contributed by atoms with Crippen molar-refractivity contribution < 1.29 is 18.7 Å². The number of nitrogens with two attached hydrogens (primary N) is 1. The monoisotopic (exact) mass is 352 g/mol. The van der Waals surface area contributed by atoms with Crippen LogP contribution in [-0.4, -0.2) is 18.4 Å². The minimum Gasteiger partial charge on any atom is -0.451 e. The van der Waals surface area contributed by atoms with Gasteiger partial charge in [0, 0.05) is 17.6 Å². The maximum atomic E-state index is 12.8. The van der Waals surface area contributed by atoms with Crippen molar-refractivity contribution in [3.05, 3.63) is 71.5 Å². The lowest BCUT2D eigenvalue weighted by atomic mass is 10.1. The number of carbonyl (C=O) groups is 2. The Morgan fingerprint density at radius 1 is 1.12 bits per heavy atom. The number of hydrogen-bond donors (Lipinski definition) is 2. The fraction of sp³-hybridized carbons (Fsp3) is 0.200. The third kappa shape index (κ3) is 3.60. The molecule has 0 bridgehead atoms. The number of ether oxygens (including phenoxy) is 1. The van der Waals surface area contributed by atoms with Crippen LogP contribution in [0.25, 0.3) is 11.0 Å². The van der Waals surface area contributed by atoms with Gasteiger partial charge in [0.15, 0.2) is 5.76 Å². The number of hydrogen-bond acceptors (Lipinski definition) is 4. The lowest BCUT2D eigenvalue weighted by molar-refractivity contribution is -0.120. The molecule has 1 aromatic heterocycles. The molecule has 0 saturated carbocycles. The van der Waals surface area contributed by atoms with Crippen LogP contribution < -0.4 is 11.1 Å². The van der Waals surface area contributed by atoms with Crippen molar-refractivity contribution in [1.29, 1.82) is 0 Å². The summed E-state index contributed by atoms with van der Waals surface area (Å²) in [6, 6.07) is 15.2. The quantitative estimate of drug-likeness (QED) is 0.683. The molecule has 0 aliphatic carbocycles. The van der Waals surface area contributed by atoms with E-state index in [0.717, 1.165) is 5.39 Å². The summed E-state index contributed by atoms with van der Waals surface area (Å²) >= 11 is 0. The molecule has 134 valence electrons. The minimum atomic E-state index is -0.947. The Hall–Kier alpha value is -3.12. The molecule has 0 saturated heterocycles. The highest BCUT2D eigenvalue weighted by Gasteiger charge is 2.26. The van der Waals surface area contributed by atoms with E-state index in [0.29, 0.717) is 23.3 Å². The van der Waals surface area contributed by atoms with Crippen LogP contribution in [-0.2, 0) is 16.1 Å². The van der Waals surface area contributed by atoms with Crippen LogP contribution in [0.5, 0.6) is 0 Å². The Labute approximate surface area is 150 Å². The summed E-state index contributed by atoms with van der Waals surface area (Å²) < 4.78 is 11.2. The molecular weight excluding hydrogens is 332 g/mol. The number of nitrogens with one attached hydrogen (secondary N) is 1. The molecular formula is C20H20N2O4. The average Bonchev–Trinajstić information content (AvgIpc) is 3.03. The standard InChI is InChI=1S/C20H20N2O4/c1-2-25-12-15-14-10-6-7-11-16(14)26-18(15)20(24)22-17(19(21)23)13-8-4-3-5-9-13/h3-11,17H,2,12H2,1H3,(H2,21,23)(H,22,24)/t17-/m0/s1. The number of amides is 2. The van der Waals surface area contributed by atoms with Gasteiger partial charge in [-0.05, 0) is 18.6 Å². The molecule has 26 heavy (non-hydrogen) atoms. The number of fused-ring (bicyclic) bond motifs is 1. The fourth-order valence-electron chi connectivity index (χ4n) is 2.79. The molecule has 0 aliphatic heterocycles. The van der Waals surface area contributed by atoms with Crippen molar-refractivity contribution >= 4 is 22.8 Å². The van der Waals surface area contributed by atoms with Crippen LogP contribution in [0.3, 0.4) is 0 Å². The van der Waals surface area contributed by atoms with Gasteiger partial charge in [0.1, 0.15) is 11.6 Å². The van der Waals surface area contributed by atoms with Gasteiger partial charge in [-0.2, -0.15) is 0 Å². The van der Waals surface area contributed by atoms with Crippen molar-refractivity contribution in [1.82, 2.24) is 5.32 Å². The molecule has 0 spiro atoms. The summed E-state index contributed by atoms with van der Waals surface area (Å²) in [6.07, 6.45) is 0. The van der Waals surface area contributed by atoms with Crippen LogP contribution in [0.15, 0.2) is 59.0 Å². The van der Waals surface area contributed by atoms with Crippen molar-refractivity contribution in [2.75, 3.05) is 6.61 Å².